The Balaban J connectivity index is 2.54. The van der Waals surface area contributed by atoms with E-state index in [4.69, 9.17) is 10.5 Å². The van der Waals surface area contributed by atoms with Crippen LogP contribution in [-0.2, 0) is 6.54 Å². The van der Waals surface area contributed by atoms with E-state index in [2.05, 4.69) is 11.9 Å². The number of unbranched alkanes of at least 4 members (excludes halogenated alkanes) is 1. The average molecular weight is 180 g/mol. The first kappa shape index (κ1) is 9.99. The van der Waals surface area contributed by atoms with Gasteiger partial charge in [-0.05, 0) is 12.5 Å². The standard InChI is InChI=1S/C10H16N2O/c1-2-3-6-13-10-8-12-5-4-9(10)7-11/h4-5,8H,2-3,6-7,11H2,1H3. The van der Waals surface area contributed by atoms with Crippen LogP contribution in [0.2, 0.25) is 0 Å². The van der Waals surface area contributed by atoms with Crippen LogP contribution >= 0.6 is 0 Å². The number of rotatable bonds is 5. The van der Waals surface area contributed by atoms with Gasteiger partial charge >= 0.3 is 0 Å². The fourth-order valence-corrected chi connectivity index (χ4v) is 1.03. The number of hydrogen-bond acceptors (Lipinski definition) is 3. The van der Waals surface area contributed by atoms with Gasteiger partial charge in [0.2, 0.25) is 0 Å². The van der Waals surface area contributed by atoms with Gasteiger partial charge in [0.25, 0.3) is 0 Å². The Hall–Kier alpha value is -1.09. The fourth-order valence-electron chi connectivity index (χ4n) is 1.03. The van der Waals surface area contributed by atoms with E-state index in [0.717, 1.165) is 30.8 Å². The Morgan fingerprint density at radius 3 is 3.08 bits per heavy atom. The third-order valence-corrected chi connectivity index (χ3v) is 1.85. The van der Waals surface area contributed by atoms with E-state index in [0.29, 0.717) is 6.54 Å². The van der Waals surface area contributed by atoms with Crippen molar-refractivity contribution in [3.05, 3.63) is 24.0 Å². The molecule has 0 saturated heterocycles. The molecule has 0 saturated carbocycles. The van der Waals surface area contributed by atoms with Gasteiger partial charge in [-0.25, -0.2) is 0 Å². The highest BCUT2D eigenvalue weighted by atomic mass is 16.5. The summed E-state index contributed by atoms with van der Waals surface area (Å²) >= 11 is 0. The Morgan fingerprint density at radius 1 is 1.54 bits per heavy atom. The predicted octanol–water partition coefficient (Wildman–Crippen LogP) is 1.72. The molecule has 0 aliphatic rings. The number of nitrogens with zero attached hydrogens (tertiary/aromatic N) is 1. The quantitative estimate of drug-likeness (QED) is 0.702. The maximum atomic E-state index is 5.55. The average Bonchev–Trinajstić information content (AvgIpc) is 2.19. The van der Waals surface area contributed by atoms with Crippen LogP contribution in [0, 0.1) is 0 Å². The molecule has 0 bridgehead atoms. The van der Waals surface area contributed by atoms with Crippen LogP contribution < -0.4 is 10.5 Å². The molecule has 0 aromatic carbocycles. The first-order chi connectivity index (χ1) is 6.38. The van der Waals surface area contributed by atoms with Crippen molar-refractivity contribution in [1.82, 2.24) is 4.98 Å². The largest absolute Gasteiger partial charge is 0.492 e. The molecule has 3 nitrogen and oxygen atoms in total. The summed E-state index contributed by atoms with van der Waals surface area (Å²) < 4.78 is 5.53. The maximum absolute atomic E-state index is 5.55. The van der Waals surface area contributed by atoms with Crippen LogP contribution in [0.1, 0.15) is 25.3 Å². The molecule has 13 heavy (non-hydrogen) atoms. The fraction of sp³-hybridized carbons (Fsp3) is 0.500. The van der Waals surface area contributed by atoms with E-state index in [1.165, 1.54) is 0 Å². The highest BCUT2D eigenvalue weighted by molar-refractivity contribution is 5.29. The minimum absolute atomic E-state index is 0.504. The van der Waals surface area contributed by atoms with Gasteiger partial charge in [-0.3, -0.25) is 4.98 Å². The zero-order chi connectivity index (χ0) is 9.52. The number of hydrogen-bond donors (Lipinski definition) is 1. The van der Waals surface area contributed by atoms with E-state index in [9.17, 15) is 0 Å². The smallest absolute Gasteiger partial charge is 0.142 e. The molecule has 72 valence electrons. The first-order valence-electron chi connectivity index (χ1n) is 4.64. The van der Waals surface area contributed by atoms with Crippen LogP contribution in [-0.4, -0.2) is 11.6 Å². The lowest BCUT2D eigenvalue weighted by molar-refractivity contribution is 0.305. The molecule has 2 N–H and O–H groups in total. The lowest BCUT2D eigenvalue weighted by Crippen LogP contribution is -2.03. The molecule has 0 spiro atoms. The Labute approximate surface area is 78.9 Å². The molecule has 0 amide bonds. The van der Waals surface area contributed by atoms with Crippen molar-refractivity contribution in [3.63, 3.8) is 0 Å². The number of aromatic nitrogens is 1. The highest BCUT2D eigenvalue weighted by Crippen LogP contribution is 2.15. The molecule has 0 radical (unpaired) electrons. The Kier molecular flexibility index (Phi) is 4.26. The van der Waals surface area contributed by atoms with Crippen molar-refractivity contribution < 1.29 is 4.74 Å². The molecule has 1 heterocycles. The third kappa shape index (κ3) is 3.03. The molecule has 0 aliphatic heterocycles. The molecular formula is C10H16N2O. The van der Waals surface area contributed by atoms with Gasteiger partial charge in [-0.15, -0.1) is 0 Å². The maximum Gasteiger partial charge on any atom is 0.142 e. The van der Waals surface area contributed by atoms with Gasteiger partial charge in [0.1, 0.15) is 5.75 Å². The molecule has 0 aliphatic carbocycles. The minimum atomic E-state index is 0.504. The summed E-state index contributed by atoms with van der Waals surface area (Å²) in [6, 6.07) is 1.89. The normalized spacial score (nSPS) is 10.0. The van der Waals surface area contributed by atoms with Crippen LogP contribution in [0.15, 0.2) is 18.5 Å². The zero-order valence-electron chi connectivity index (χ0n) is 7.99. The van der Waals surface area contributed by atoms with Crippen molar-refractivity contribution in [2.24, 2.45) is 5.73 Å². The molecule has 1 aromatic rings. The molecule has 3 heteroatoms. The van der Waals surface area contributed by atoms with E-state index < -0.39 is 0 Å². The SMILES string of the molecule is CCCCOc1cnccc1CN. The van der Waals surface area contributed by atoms with Gasteiger partial charge in [-0.2, -0.15) is 0 Å². The van der Waals surface area contributed by atoms with E-state index in [1.807, 2.05) is 6.07 Å². The van der Waals surface area contributed by atoms with Crippen LogP contribution in [0.5, 0.6) is 5.75 Å². The van der Waals surface area contributed by atoms with Crippen molar-refractivity contribution in [2.75, 3.05) is 6.61 Å². The molecule has 1 rings (SSSR count). The minimum Gasteiger partial charge on any atom is -0.492 e. The van der Waals surface area contributed by atoms with Crippen LogP contribution in [0.4, 0.5) is 0 Å². The molecular weight excluding hydrogens is 164 g/mol. The van der Waals surface area contributed by atoms with Gasteiger partial charge in [0.05, 0.1) is 12.8 Å². The van der Waals surface area contributed by atoms with E-state index >= 15 is 0 Å². The molecule has 0 fully saturated rings. The second-order valence-corrected chi connectivity index (χ2v) is 2.89. The Morgan fingerprint density at radius 2 is 2.38 bits per heavy atom. The van der Waals surface area contributed by atoms with Gasteiger partial charge < -0.3 is 10.5 Å². The summed E-state index contributed by atoms with van der Waals surface area (Å²) in [4.78, 5) is 3.99. The summed E-state index contributed by atoms with van der Waals surface area (Å²) in [6.07, 6.45) is 5.66. The van der Waals surface area contributed by atoms with E-state index in [1.54, 1.807) is 12.4 Å². The van der Waals surface area contributed by atoms with E-state index in [-0.39, 0.29) is 0 Å². The van der Waals surface area contributed by atoms with Gasteiger partial charge in [0.15, 0.2) is 0 Å². The summed E-state index contributed by atoms with van der Waals surface area (Å²) in [5.41, 5.74) is 6.57. The lowest BCUT2D eigenvalue weighted by Gasteiger charge is -2.08. The molecule has 0 unspecified atom stereocenters. The monoisotopic (exact) mass is 180 g/mol. The van der Waals surface area contributed by atoms with Gasteiger partial charge in [-0.1, -0.05) is 13.3 Å². The van der Waals surface area contributed by atoms with Gasteiger partial charge in [0, 0.05) is 18.3 Å². The van der Waals surface area contributed by atoms with Crippen molar-refractivity contribution in [1.29, 1.82) is 0 Å². The molecule has 1 aromatic heterocycles. The van der Waals surface area contributed by atoms with Crippen molar-refractivity contribution in [2.45, 2.75) is 26.3 Å². The second-order valence-electron chi connectivity index (χ2n) is 2.89. The first-order valence-corrected chi connectivity index (χ1v) is 4.64. The summed E-state index contributed by atoms with van der Waals surface area (Å²) in [6.45, 7) is 3.38. The van der Waals surface area contributed by atoms with Crippen molar-refractivity contribution in [3.8, 4) is 5.75 Å². The number of nitrogens with two attached hydrogens (primary N) is 1. The summed E-state index contributed by atoms with van der Waals surface area (Å²) in [7, 11) is 0. The lowest BCUT2D eigenvalue weighted by atomic mass is 10.2. The third-order valence-electron chi connectivity index (χ3n) is 1.85. The number of pyridine rings is 1. The van der Waals surface area contributed by atoms with Crippen molar-refractivity contribution >= 4 is 0 Å². The zero-order valence-corrected chi connectivity index (χ0v) is 7.99. The molecule has 0 atom stereocenters. The Bertz CT molecular complexity index is 250. The van der Waals surface area contributed by atoms with Crippen LogP contribution in [0.25, 0.3) is 0 Å². The summed E-state index contributed by atoms with van der Waals surface area (Å²) in [5, 5.41) is 0. The number of ether oxygens (including phenoxy) is 1. The summed E-state index contributed by atoms with van der Waals surface area (Å²) in [5.74, 6) is 0.818. The predicted molar refractivity (Wildman–Crippen MR) is 52.5 cm³/mol. The van der Waals surface area contributed by atoms with Crippen LogP contribution in [0.3, 0.4) is 0 Å². The topological polar surface area (TPSA) is 48.1 Å². The highest BCUT2D eigenvalue weighted by Gasteiger charge is 2.00. The second kappa shape index (κ2) is 5.54.